The molecule has 2 atom stereocenters. The molecule has 0 aromatic heterocycles. The molecule has 1 aliphatic heterocycles. The Kier molecular flexibility index (Phi) is 5.57. The highest BCUT2D eigenvalue weighted by Gasteiger charge is 2.54. The molecule has 1 heterocycles. The first-order valence-corrected chi connectivity index (χ1v) is 14.3. The highest BCUT2D eigenvalue weighted by molar-refractivity contribution is 7.89. The molecule has 2 aromatic rings. The SMILES string of the molecule is C[C@H](NC(=O)[C@@H]1Cc2ccccc2CN1S(=O)(=O)c1ccccc1F)C12CC3CC(CC(C3)C1)C2. The third-order valence-electron chi connectivity index (χ3n) is 9.29. The van der Waals surface area contributed by atoms with Crippen LogP contribution in [0.15, 0.2) is 53.4 Å². The zero-order valence-corrected chi connectivity index (χ0v) is 20.9. The minimum atomic E-state index is -4.21. The number of nitrogens with one attached hydrogen (secondary N) is 1. The van der Waals surface area contributed by atoms with E-state index in [9.17, 15) is 17.6 Å². The van der Waals surface area contributed by atoms with Crippen LogP contribution in [-0.4, -0.2) is 30.7 Å². The van der Waals surface area contributed by atoms with Gasteiger partial charge in [0.25, 0.3) is 0 Å². The van der Waals surface area contributed by atoms with Crippen LogP contribution in [0.25, 0.3) is 0 Å². The van der Waals surface area contributed by atoms with Crippen molar-refractivity contribution < 1.29 is 17.6 Å². The summed E-state index contributed by atoms with van der Waals surface area (Å²) >= 11 is 0. The summed E-state index contributed by atoms with van der Waals surface area (Å²) in [5.74, 6) is 1.22. The molecule has 5 nitrogen and oxygen atoms in total. The zero-order chi connectivity index (χ0) is 24.4. The first-order valence-electron chi connectivity index (χ1n) is 12.9. The zero-order valence-electron chi connectivity index (χ0n) is 20.1. The van der Waals surface area contributed by atoms with Crippen LogP contribution in [0, 0.1) is 29.0 Å². The van der Waals surface area contributed by atoms with Crippen molar-refractivity contribution >= 4 is 15.9 Å². The predicted molar refractivity (Wildman–Crippen MR) is 131 cm³/mol. The van der Waals surface area contributed by atoms with Gasteiger partial charge in [-0.3, -0.25) is 4.79 Å². The van der Waals surface area contributed by atoms with Crippen LogP contribution in [0.4, 0.5) is 4.39 Å². The van der Waals surface area contributed by atoms with Crippen molar-refractivity contribution in [3.05, 3.63) is 65.5 Å². The number of fused-ring (bicyclic) bond motifs is 1. The number of nitrogens with zero attached hydrogens (tertiary/aromatic N) is 1. The third kappa shape index (κ3) is 3.91. The largest absolute Gasteiger partial charge is 0.352 e. The van der Waals surface area contributed by atoms with Gasteiger partial charge in [0.15, 0.2) is 0 Å². The Morgan fingerprint density at radius 2 is 1.54 bits per heavy atom. The highest BCUT2D eigenvalue weighted by Crippen LogP contribution is 2.61. The van der Waals surface area contributed by atoms with E-state index in [4.69, 9.17) is 0 Å². The third-order valence-corrected chi connectivity index (χ3v) is 11.2. The van der Waals surface area contributed by atoms with Gasteiger partial charge in [-0.05, 0) is 98.3 Å². The van der Waals surface area contributed by atoms with Crippen molar-refractivity contribution in [2.45, 2.75) is 75.4 Å². The average Bonchev–Trinajstić information content (AvgIpc) is 2.82. The van der Waals surface area contributed by atoms with Crippen molar-refractivity contribution in [1.82, 2.24) is 9.62 Å². The van der Waals surface area contributed by atoms with E-state index in [-0.39, 0.29) is 35.2 Å². The van der Waals surface area contributed by atoms with Gasteiger partial charge in [-0.2, -0.15) is 4.31 Å². The molecule has 7 rings (SSSR count). The monoisotopic (exact) mass is 496 g/mol. The maximum absolute atomic E-state index is 14.6. The normalized spacial score (nSPS) is 32.7. The number of halogens is 1. The molecular formula is C28H33FN2O3S. The molecule has 4 saturated carbocycles. The lowest BCUT2D eigenvalue weighted by Crippen LogP contribution is -2.59. The smallest absolute Gasteiger partial charge is 0.247 e. The second-order valence-corrected chi connectivity index (χ2v) is 13.3. The molecule has 0 radical (unpaired) electrons. The summed E-state index contributed by atoms with van der Waals surface area (Å²) in [6, 6.07) is 12.1. The van der Waals surface area contributed by atoms with Gasteiger partial charge in [0.2, 0.25) is 15.9 Å². The van der Waals surface area contributed by atoms with E-state index in [1.54, 1.807) is 0 Å². The molecule has 1 N–H and O–H groups in total. The minimum Gasteiger partial charge on any atom is -0.352 e. The van der Waals surface area contributed by atoms with Crippen LogP contribution in [0.5, 0.6) is 0 Å². The first-order chi connectivity index (χ1) is 16.7. The lowest BCUT2D eigenvalue weighted by atomic mass is 9.48. The molecule has 35 heavy (non-hydrogen) atoms. The topological polar surface area (TPSA) is 66.5 Å². The molecule has 0 spiro atoms. The quantitative estimate of drug-likeness (QED) is 0.655. The van der Waals surface area contributed by atoms with Crippen LogP contribution in [0.3, 0.4) is 0 Å². The lowest BCUT2D eigenvalue weighted by molar-refractivity contribution is -0.130. The van der Waals surface area contributed by atoms with E-state index in [0.29, 0.717) is 0 Å². The maximum Gasteiger partial charge on any atom is 0.247 e. The summed E-state index contributed by atoms with van der Waals surface area (Å²) in [4.78, 5) is 13.4. The fraction of sp³-hybridized carbons (Fsp3) is 0.536. The minimum absolute atomic E-state index is 0.0152. The van der Waals surface area contributed by atoms with Gasteiger partial charge in [0.05, 0.1) is 0 Å². The summed E-state index contributed by atoms with van der Waals surface area (Å²) in [5.41, 5.74) is 1.94. The fourth-order valence-corrected chi connectivity index (χ4v) is 9.56. The second kappa shape index (κ2) is 8.41. The van der Waals surface area contributed by atoms with Crippen molar-refractivity contribution in [2.75, 3.05) is 0 Å². The Hall–Kier alpha value is -2.25. The van der Waals surface area contributed by atoms with Gasteiger partial charge >= 0.3 is 0 Å². The van der Waals surface area contributed by atoms with Crippen molar-refractivity contribution in [3.63, 3.8) is 0 Å². The Balaban J connectivity index is 1.30. The lowest BCUT2D eigenvalue weighted by Gasteiger charge is -2.59. The van der Waals surface area contributed by atoms with Crippen LogP contribution in [0.2, 0.25) is 0 Å². The standard InChI is InChI=1S/C28H33FN2O3S/c1-18(28-14-19-10-20(15-28)12-21(11-19)16-28)30-27(32)25-13-22-6-2-3-7-23(22)17-31(25)35(33,34)26-9-5-4-8-24(26)29/h2-9,18-21,25H,10-17H2,1H3,(H,30,32)/t18-,19?,20?,21?,25-,28?/m0/s1. The van der Waals surface area contributed by atoms with Crippen LogP contribution >= 0.6 is 0 Å². The number of benzene rings is 2. The molecule has 4 fully saturated rings. The Labute approximate surface area is 207 Å². The molecule has 7 heteroatoms. The maximum atomic E-state index is 14.6. The van der Waals surface area contributed by atoms with E-state index >= 15 is 0 Å². The molecule has 5 aliphatic rings. The fourth-order valence-electron chi connectivity index (χ4n) is 7.93. The van der Waals surface area contributed by atoms with Crippen LogP contribution in [0.1, 0.15) is 56.6 Å². The average molecular weight is 497 g/mol. The summed E-state index contributed by atoms with van der Waals surface area (Å²) in [5, 5.41) is 3.27. The van der Waals surface area contributed by atoms with Gasteiger partial charge in [0, 0.05) is 12.6 Å². The Morgan fingerprint density at radius 3 is 2.17 bits per heavy atom. The number of sulfonamides is 1. The van der Waals surface area contributed by atoms with E-state index in [1.807, 2.05) is 24.3 Å². The van der Waals surface area contributed by atoms with E-state index in [2.05, 4.69) is 12.2 Å². The van der Waals surface area contributed by atoms with E-state index in [0.717, 1.165) is 54.2 Å². The van der Waals surface area contributed by atoms with Crippen molar-refractivity contribution in [3.8, 4) is 0 Å². The van der Waals surface area contributed by atoms with Gasteiger partial charge in [-0.15, -0.1) is 0 Å². The molecule has 0 saturated heterocycles. The van der Waals surface area contributed by atoms with Gasteiger partial charge < -0.3 is 5.32 Å². The van der Waals surface area contributed by atoms with Gasteiger partial charge in [0.1, 0.15) is 16.8 Å². The van der Waals surface area contributed by atoms with Crippen molar-refractivity contribution in [2.24, 2.45) is 23.2 Å². The van der Waals surface area contributed by atoms with Crippen LogP contribution in [-0.2, 0) is 27.8 Å². The molecule has 4 bridgehead atoms. The van der Waals surface area contributed by atoms with Crippen LogP contribution < -0.4 is 5.32 Å². The molecule has 1 amide bonds. The summed E-state index contributed by atoms with van der Waals surface area (Å²) in [7, 11) is -4.21. The summed E-state index contributed by atoms with van der Waals surface area (Å²) in [6.07, 6.45) is 7.74. The number of carbonyl (C=O) groups is 1. The number of hydrogen-bond acceptors (Lipinski definition) is 3. The summed E-state index contributed by atoms with van der Waals surface area (Å²) < 4.78 is 43.1. The Bertz CT molecular complexity index is 1230. The van der Waals surface area contributed by atoms with E-state index in [1.165, 1.54) is 41.8 Å². The van der Waals surface area contributed by atoms with Gasteiger partial charge in [-0.1, -0.05) is 36.4 Å². The molecular weight excluding hydrogens is 463 g/mol. The van der Waals surface area contributed by atoms with E-state index < -0.39 is 21.9 Å². The first kappa shape index (κ1) is 23.2. The highest BCUT2D eigenvalue weighted by atomic mass is 32.2. The second-order valence-electron chi connectivity index (χ2n) is 11.5. The van der Waals surface area contributed by atoms with Gasteiger partial charge in [-0.25, -0.2) is 12.8 Å². The molecule has 186 valence electrons. The predicted octanol–water partition coefficient (Wildman–Crippen LogP) is 4.66. The molecule has 0 unspecified atom stereocenters. The molecule has 2 aromatic carbocycles. The number of rotatable bonds is 5. The Morgan fingerprint density at radius 1 is 0.971 bits per heavy atom. The number of carbonyl (C=O) groups excluding carboxylic acids is 1. The van der Waals surface area contributed by atoms with Crippen molar-refractivity contribution in [1.29, 1.82) is 0 Å². The summed E-state index contributed by atoms with van der Waals surface area (Å²) in [6.45, 7) is 2.16. The number of hydrogen-bond donors (Lipinski definition) is 1. The molecule has 4 aliphatic carbocycles. The number of amides is 1.